The fourth-order valence-corrected chi connectivity index (χ4v) is 5.28. The van der Waals surface area contributed by atoms with E-state index in [2.05, 4.69) is 20.2 Å². The number of carbonyl (C=O) groups excluding carboxylic acids is 1. The van der Waals surface area contributed by atoms with Crippen LogP contribution >= 0.6 is 11.3 Å². The molecule has 1 aromatic carbocycles. The molecule has 2 aliphatic rings. The second kappa shape index (κ2) is 8.48. The molecule has 0 spiro atoms. The summed E-state index contributed by atoms with van der Waals surface area (Å²) in [6.07, 6.45) is 2.90. The molecule has 2 heterocycles. The van der Waals surface area contributed by atoms with Crippen LogP contribution in [0.4, 0.5) is 5.13 Å². The van der Waals surface area contributed by atoms with Gasteiger partial charge in [-0.25, -0.2) is 8.42 Å². The van der Waals surface area contributed by atoms with Crippen molar-refractivity contribution in [1.29, 1.82) is 0 Å². The minimum Gasteiger partial charge on any atom is -0.490 e. The first kappa shape index (κ1) is 21.0. The van der Waals surface area contributed by atoms with Gasteiger partial charge >= 0.3 is 0 Å². The van der Waals surface area contributed by atoms with Crippen molar-refractivity contribution >= 4 is 32.4 Å². The number of ether oxygens (including phenoxy) is 2. The molecule has 1 aromatic heterocycles. The highest BCUT2D eigenvalue weighted by Gasteiger charge is 2.31. The molecule has 2 N–H and O–H groups in total. The van der Waals surface area contributed by atoms with Gasteiger partial charge in [0.25, 0.3) is 0 Å². The number of fused-ring (bicyclic) bond motifs is 1. The standard InChI is InChI=1S/C19H24N4O5S2/c1-11(2)16(17(24)20-19-22-21-18(29-19)12-4-5-12)23-30(25,26)13-6-7-14-15(10-13)28-9-3-8-27-14/h6-7,10-12,16,23H,3-5,8-9H2,1-2H3,(H,20,22,24)/t16-/m0/s1. The number of benzene rings is 1. The molecule has 1 aliphatic heterocycles. The van der Waals surface area contributed by atoms with Gasteiger partial charge in [-0.3, -0.25) is 10.1 Å². The third-order valence-electron chi connectivity index (χ3n) is 4.86. The molecule has 1 saturated carbocycles. The quantitative estimate of drug-likeness (QED) is 0.662. The van der Waals surface area contributed by atoms with Gasteiger partial charge in [0, 0.05) is 18.4 Å². The van der Waals surface area contributed by atoms with E-state index >= 15 is 0 Å². The molecule has 162 valence electrons. The lowest BCUT2D eigenvalue weighted by Gasteiger charge is -2.21. The van der Waals surface area contributed by atoms with Crippen molar-refractivity contribution in [2.45, 2.75) is 50.0 Å². The molecule has 0 bridgehead atoms. The average molecular weight is 453 g/mol. The van der Waals surface area contributed by atoms with Gasteiger partial charge in [0.15, 0.2) is 11.5 Å². The van der Waals surface area contributed by atoms with Crippen molar-refractivity contribution in [2.24, 2.45) is 5.92 Å². The van der Waals surface area contributed by atoms with Gasteiger partial charge in [0.1, 0.15) is 11.0 Å². The number of hydrogen-bond acceptors (Lipinski definition) is 8. The molecule has 1 fully saturated rings. The minimum atomic E-state index is -3.96. The Labute approximate surface area is 179 Å². The Hall–Kier alpha value is -2.24. The van der Waals surface area contributed by atoms with Crippen LogP contribution in [-0.4, -0.2) is 43.8 Å². The maximum atomic E-state index is 13.0. The van der Waals surface area contributed by atoms with Crippen LogP contribution in [0.1, 0.15) is 44.0 Å². The Balaban J connectivity index is 1.49. The van der Waals surface area contributed by atoms with E-state index in [0.717, 1.165) is 24.3 Å². The third kappa shape index (κ3) is 4.73. The maximum Gasteiger partial charge on any atom is 0.244 e. The number of anilines is 1. The average Bonchev–Trinajstić information content (AvgIpc) is 3.49. The first-order valence-electron chi connectivity index (χ1n) is 9.90. The second-order valence-electron chi connectivity index (χ2n) is 7.71. The number of sulfonamides is 1. The highest BCUT2D eigenvalue weighted by atomic mass is 32.2. The molecule has 11 heteroatoms. The summed E-state index contributed by atoms with van der Waals surface area (Å²) in [6.45, 7) is 4.51. The van der Waals surface area contributed by atoms with Crippen molar-refractivity contribution in [3.63, 3.8) is 0 Å². The molecule has 1 aliphatic carbocycles. The number of carbonyl (C=O) groups is 1. The topological polar surface area (TPSA) is 120 Å². The predicted octanol–water partition coefficient (Wildman–Crippen LogP) is 2.52. The van der Waals surface area contributed by atoms with Crippen LogP contribution in [0.2, 0.25) is 0 Å². The molecule has 1 atom stereocenters. The maximum absolute atomic E-state index is 13.0. The summed E-state index contributed by atoms with van der Waals surface area (Å²) in [5, 5.41) is 12.1. The van der Waals surface area contributed by atoms with E-state index in [4.69, 9.17) is 9.47 Å². The predicted molar refractivity (Wildman–Crippen MR) is 112 cm³/mol. The van der Waals surface area contributed by atoms with Gasteiger partial charge in [-0.2, -0.15) is 4.72 Å². The fraction of sp³-hybridized carbons (Fsp3) is 0.526. The zero-order valence-electron chi connectivity index (χ0n) is 16.8. The Kier molecular flexibility index (Phi) is 5.94. The van der Waals surface area contributed by atoms with Crippen molar-refractivity contribution in [1.82, 2.24) is 14.9 Å². The van der Waals surface area contributed by atoms with Gasteiger partial charge in [0.05, 0.1) is 18.1 Å². The molecular formula is C19H24N4O5S2. The summed E-state index contributed by atoms with van der Waals surface area (Å²) < 4.78 is 39.6. The van der Waals surface area contributed by atoms with Gasteiger partial charge in [-0.1, -0.05) is 25.2 Å². The van der Waals surface area contributed by atoms with Crippen LogP contribution in [0, 0.1) is 5.92 Å². The summed E-state index contributed by atoms with van der Waals surface area (Å²) >= 11 is 1.33. The largest absolute Gasteiger partial charge is 0.490 e. The number of aromatic nitrogens is 2. The van der Waals surface area contributed by atoms with Crippen molar-refractivity contribution < 1.29 is 22.7 Å². The summed E-state index contributed by atoms with van der Waals surface area (Å²) in [7, 11) is -3.96. The SMILES string of the molecule is CC(C)[C@H](NS(=O)(=O)c1ccc2c(c1)OCCCO2)C(=O)Nc1nnc(C2CC2)s1. The van der Waals surface area contributed by atoms with Crippen molar-refractivity contribution in [3.05, 3.63) is 23.2 Å². The Morgan fingerprint density at radius 2 is 1.90 bits per heavy atom. The lowest BCUT2D eigenvalue weighted by Crippen LogP contribution is -2.47. The van der Waals surface area contributed by atoms with E-state index in [1.165, 1.54) is 23.5 Å². The normalized spacial score (nSPS) is 17.4. The zero-order chi connectivity index (χ0) is 21.3. The molecule has 9 nitrogen and oxygen atoms in total. The number of nitrogens with zero attached hydrogens (tertiary/aromatic N) is 2. The lowest BCUT2D eigenvalue weighted by molar-refractivity contribution is -0.118. The Morgan fingerprint density at radius 3 is 2.60 bits per heavy atom. The number of hydrogen-bond donors (Lipinski definition) is 2. The molecule has 0 saturated heterocycles. The summed E-state index contributed by atoms with van der Waals surface area (Å²) in [4.78, 5) is 12.8. The van der Waals surface area contributed by atoms with Crippen LogP contribution in [0.5, 0.6) is 11.5 Å². The Morgan fingerprint density at radius 1 is 1.17 bits per heavy atom. The van der Waals surface area contributed by atoms with E-state index < -0.39 is 22.0 Å². The van der Waals surface area contributed by atoms with Gasteiger partial charge < -0.3 is 9.47 Å². The number of amides is 1. The number of nitrogens with one attached hydrogen (secondary N) is 2. The fourth-order valence-electron chi connectivity index (χ4n) is 3.00. The molecule has 4 rings (SSSR count). The zero-order valence-corrected chi connectivity index (χ0v) is 18.4. The molecule has 2 aromatic rings. The lowest BCUT2D eigenvalue weighted by atomic mass is 10.1. The monoisotopic (exact) mass is 452 g/mol. The van der Waals surface area contributed by atoms with Gasteiger partial charge in [-0.15, -0.1) is 10.2 Å². The first-order chi connectivity index (χ1) is 14.3. The van der Waals surface area contributed by atoms with Crippen molar-refractivity contribution in [3.8, 4) is 11.5 Å². The molecule has 30 heavy (non-hydrogen) atoms. The van der Waals surface area contributed by atoms with Gasteiger partial charge in [0.2, 0.25) is 21.1 Å². The van der Waals surface area contributed by atoms with Crippen LogP contribution in [0.25, 0.3) is 0 Å². The molecule has 0 radical (unpaired) electrons. The van der Waals surface area contributed by atoms with Gasteiger partial charge in [-0.05, 0) is 30.9 Å². The minimum absolute atomic E-state index is 0.0112. The third-order valence-corrected chi connectivity index (χ3v) is 7.30. The van der Waals surface area contributed by atoms with E-state index in [9.17, 15) is 13.2 Å². The van der Waals surface area contributed by atoms with Crippen molar-refractivity contribution in [2.75, 3.05) is 18.5 Å². The molecular weight excluding hydrogens is 428 g/mol. The molecule has 0 unspecified atom stereocenters. The smallest absolute Gasteiger partial charge is 0.244 e. The highest BCUT2D eigenvalue weighted by molar-refractivity contribution is 7.89. The Bertz CT molecular complexity index is 1030. The summed E-state index contributed by atoms with van der Waals surface area (Å²) in [6, 6.07) is 3.46. The highest BCUT2D eigenvalue weighted by Crippen LogP contribution is 2.42. The second-order valence-corrected chi connectivity index (χ2v) is 10.4. The van der Waals surface area contributed by atoms with E-state index in [-0.39, 0.29) is 10.8 Å². The first-order valence-corrected chi connectivity index (χ1v) is 12.2. The van der Waals surface area contributed by atoms with Crippen LogP contribution in [-0.2, 0) is 14.8 Å². The number of rotatable bonds is 7. The van der Waals surface area contributed by atoms with Crippen LogP contribution in [0.15, 0.2) is 23.1 Å². The molecule has 1 amide bonds. The van der Waals surface area contributed by atoms with Crippen LogP contribution < -0.4 is 19.5 Å². The van der Waals surface area contributed by atoms with E-state index in [1.54, 1.807) is 19.9 Å². The van der Waals surface area contributed by atoms with E-state index in [0.29, 0.717) is 35.8 Å². The summed E-state index contributed by atoms with van der Waals surface area (Å²) in [5.41, 5.74) is 0. The van der Waals surface area contributed by atoms with E-state index in [1.807, 2.05) is 0 Å². The summed E-state index contributed by atoms with van der Waals surface area (Å²) in [5.74, 6) is 0.569. The van der Waals surface area contributed by atoms with Crippen LogP contribution in [0.3, 0.4) is 0 Å².